The van der Waals surface area contributed by atoms with Crippen LogP contribution in [-0.2, 0) is 11.1 Å². The van der Waals surface area contributed by atoms with Crippen LogP contribution in [0.4, 0.5) is 0 Å². The van der Waals surface area contributed by atoms with Gasteiger partial charge in [-0.15, -0.1) is 0 Å². The summed E-state index contributed by atoms with van der Waals surface area (Å²) in [5.74, 6) is 0. The highest BCUT2D eigenvalue weighted by molar-refractivity contribution is 7.83. The summed E-state index contributed by atoms with van der Waals surface area (Å²) >= 11 is -1.87. The third-order valence-corrected chi connectivity index (χ3v) is 2.13. The molecule has 1 unspecified atom stereocenters. The quantitative estimate of drug-likeness (QED) is 0.596. The Morgan fingerprint density at radius 2 is 1.76 bits per heavy atom. The minimum absolute atomic E-state index is 0. The third kappa shape index (κ3) is 21.4. The summed E-state index contributed by atoms with van der Waals surface area (Å²) in [4.78, 5) is 0.433. The lowest BCUT2D eigenvalue weighted by molar-refractivity contribution is 0.571. The van der Waals surface area contributed by atoms with E-state index in [1.165, 1.54) is 0 Å². The van der Waals surface area contributed by atoms with E-state index in [0.717, 1.165) is 5.57 Å². The Labute approximate surface area is 111 Å². The summed E-state index contributed by atoms with van der Waals surface area (Å²) in [5.41, 5.74) is 6.08. The summed E-state index contributed by atoms with van der Waals surface area (Å²) in [6.45, 7) is 17.2. The molecule has 0 spiro atoms. The zero-order valence-electron chi connectivity index (χ0n) is 12.3. The minimum Gasteiger partial charge on any atom is -0.326 e. The molecule has 0 saturated carbocycles. The number of rotatable bonds is 3. The molecule has 17 heavy (non-hydrogen) atoms. The predicted molar refractivity (Wildman–Crippen MR) is 81.4 cm³/mol. The van der Waals surface area contributed by atoms with E-state index in [1.54, 1.807) is 13.0 Å². The van der Waals surface area contributed by atoms with Gasteiger partial charge >= 0.3 is 0 Å². The van der Waals surface area contributed by atoms with E-state index < -0.39 is 11.1 Å². The number of allylic oxidation sites excluding steroid dienone is 2. The molecule has 4 heteroatoms. The van der Waals surface area contributed by atoms with Crippen molar-refractivity contribution in [3.05, 3.63) is 23.1 Å². The van der Waals surface area contributed by atoms with E-state index in [0.29, 0.717) is 11.3 Å². The van der Waals surface area contributed by atoms with Gasteiger partial charge in [-0.2, -0.15) is 0 Å². The molecule has 0 aliphatic rings. The van der Waals surface area contributed by atoms with E-state index in [2.05, 4.69) is 6.58 Å². The lowest BCUT2D eigenvalue weighted by Crippen LogP contribution is -2.26. The first-order chi connectivity index (χ1) is 7.63. The third-order valence-electron chi connectivity index (χ3n) is 1.23. The zero-order valence-corrected chi connectivity index (χ0v) is 13.1. The second-order valence-corrected chi connectivity index (χ2v) is 5.16. The van der Waals surface area contributed by atoms with Crippen LogP contribution in [0.5, 0.6) is 0 Å². The van der Waals surface area contributed by atoms with Crippen molar-refractivity contribution in [1.82, 2.24) is 0 Å². The topological polar surface area (TPSA) is 63.3 Å². The molecular weight excluding hydrogens is 234 g/mol. The monoisotopic (exact) mass is 265 g/mol. The molecule has 106 valence electrons. The molecule has 0 bridgehead atoms. The highest BCUT2D eigenvalue weighted by Gasteiger charge is 2.04. The molecule has 0 aromatic carbocycles. The fourth-order valence-electron chi connectivity index (χ4n) is 0.603. The fourth-order valence-corrected chi connectivity index (χ4v) is 1.20. The van der Waals surface area contributed by atoms with Crippen LogP contribution < -0.4 is 5.73 Å². The van der Waals surface area contributed by atoms with Crippen molar-refractivity contribution in [2.24, 2.45) is 5.73 Å². The standard InChI is InChI=1S/C7H12O2S.C4H11N.C2H6.H2/c1-4-6(3)7(5-2)10(8)9;1-4(2,3)5;1-2;/h5H,3-4H2,1-2H3,(H,8,9);5H2,1-3H3;1-2H3;1H/b7-5+;;;. The van der Waals surface area contributed by atoms with E-state index >= 15 is 0 Å². The van der Waals surface area contributed by atoms with Crippen LogP contribution in [0.2, 0.25) is 0 Å². The largest absolute Gasteiger partial charge is 0.326 e. The Kier molecular flexibility index (Phi) is 15.4. The Hall–Kier alpha value is -0.450. The maximum Gasteiger partial charge on any atom is 0.186 e. The van der Waals surface area contributed by atoms with Gasteiger partial charge in [0, 0.05) is 6.97 Å². The van der Waals surface area contributed by atoms with Gasteiger partial charge in [-0.3, -0.25) is 0 Å². The van der Waals surface area contributed by atoms with Crippen molar-refractivity contribution >= 4 is 11.1 Å². The normalized spacial score (nSPS) is 12.6. The molecule has 0 rings (SSSR count). The van der Waals surface area contributed by atoms with Crippen molar-refractivity contribution < 1.29 is 10.2 Å². The number of hydrogen-bond donors (Lipinski definition) is 2. The smallest absolute Gasteiger partial charge is 0.186 e. The molecule has 0 aliphatic heterocycles. The van der Waals surface area contributed by atoms with Crippen molar-refractivity contribution in [3.63, 3.8) is 0 Å². The predicted octanol–water partition coefficient (Wildman–Crippen LogP) is 4.09. The van der Waals surface area contributed by atoms with Gasteiger partial charge in [0.2, 0.25) is 0 Å². The molecule has 0 aliphatic carbocycles. The SMILES string of the molecule is C=C(CC)/C(=C\C)S(=O)O.CC.CC(C)(C)N.[HH]. The summed E-state index contributed by atoms with van der Waals surface area (Å²) in [7, 11) is 0. The van der Waals surface area contributed by atoms with Crippen LogP contribution in [-0.4, -0.2) is 14.3 Å². The molecule has 0 amide bonds. The maximum atomic E-state index is 10.5. The molecular formula is C13H31NO2S. The Morgan fingerprint density at radius 1 is 1.47 bits per heavy atom. The van der Waals surface area contributed by atoms with Gasteiger partial charge in [-0.1, -0.05) is 33.4 Å². The molecule has 1 atom stereocenters. The highest BCUT2D eigenvalue weighted by Crippen LogP contribution is 2.13. The lowest BCUT2D eigenvalue weighted by Gasteiger charge is -2.06. The molecule has 3 N–H and O–H groups in total. The van der Waals surface area contributed by atoms with E-state index in [-0.39, 0.29) is 6.97 Å². The Morgan fingerprint density at radius 3 is 1.82 bits per heavy atom. The van der Waals surface area contributed by atoms with Gasteiger partial charge in [0.05, 0.1) is 4.91 Å². The lowest BCUT2D eigenvalue weighted by atomic mass is 10.1. The van der Waals surface area contributed by atoms with E-state index in [1.807, 2.05) is 41.5 Å². The molecule has 0 saturated heterocycles. The first-order valence-electron chi connectivity index (χ1n) is 5.87. The molecule has 0 aromatic rings. The fraction of sp³-hybridized carbons (Fsp3) is 0.692. The van der Waals surface area contributed by atoms with Gasteiger partial charge in [0.25, 0.3) is 0 Å². The number of nitrogens with two attached hydrogens (primary N) is 1. The zero-order chi connectivity index (χ0) is 14.6. The van der Waals surface area contributed by atoms with Crippen LogP contribution in [0.3, 0.4) is 0 Å². The second kappa shape index (κ2) is 12.0. The van der Waals surface area contributed by atoms with Gasteiger partial charge in [-0.25, -0.2) is 4.21 Å². The van der Waals surface area contributed by atoms with Crippen molar-refractivity contribution in [3.8, 4) is 0 Å². The summed E-state index contributed by atoms with van der Waals surface area (Å²) < 4.78 is 19.2. The van der Waals surface area contributed by atoms with Gasteiger partial charge in [-0.05, 0) is 39.7 Å². The van der Waals surface area contributed by atoms with Gasteiger partial charge in [0.1, 0.15) is 0 Å². The molecule has 0 heterocycles. The molecule has 3 nitrogen and oxygen atoms in total. The maximum absolute atomic E-state index is 10.5. The average Bonchev–Trinajstić information content (AvgIpc) is 2.18. The summed E-state index contributed by atoms with van der Waals surface area (Å²) in [6.07, 6.45) is 2.33. The molecule has 0 fully saturated rings. The summed E-state index contributed by atoms with van der Waals surface area (Å²) in [5, 5.41) is 0. The van der Waals surface area contributed by atoms with Crippen molar-refractivity contribution in [1.29, 1.82) is 0 Å². The minimum atomic E-state index is -1.87. The van der Waals surface area contributed by atoms with Crippen LogP contribution >= 0.6 is 0 Å². The second-order valence-electron chi connectivity index (χ2n) is 4.23. The first kappa shape index (κ1) is 21.8. The van der Waals surface area contributed by atoms with Crippen LogP contribution in [0.1, 0.15) is 56.3 Å². The van der Waals surface area contributed by atoms with Crippen LogP contribution in [0, 0.1) is 0 Å². The van der Waals surface area contributed by atoms with Crippen molar-refractivity contribution in [2.45, 2.75) is 60.4 Å². The van der Waals surface area contributed by atoms with Gasteiger partial charge in [0.15, 0.2) is 11.1 Å². The Balaban J connectivity index is -0.000000105. The van der Waals surface area contributed by atoms with E-state index in [9.17, 15) is 4.21 Å². The summed E-state index contributed by atoms with van der Waals surface area (Å²) in [6, 6.07) is 0. The van der Waals surface area contributed by atoms with Gasteiger partial charge < -0.3 is 10.3 Å². The van der Waals surface area contributed by atoms with Crippen LogP contribution in [0.25, 0.3) is 0 Å². The first-order valence-corrected chi connectivity index (χ1v) is 6.98. The highest BCUT2D eigenvalue weighted by atomic mass is 32.2. The molecule has 0 aromatic heterocycles. The molecule has 0 radical (unpaired) electrons. The van der Waals surface area contributed by atoms with Crippen molar-refractivity contribution in [2.75, 3.05) is 0 Å². The number of hydrogen-bond acceptors (Lipinski definition) is 2. The van der Waals surface area contributed by atoms with Crippen LogP contribution in [0.15, 0.2) is 23.1 Å². The average molecular weight is 265 g/mol. The van der Waals surface area contributed by atoms with E-state index in [4.69, 9.17) is 10.3 Å². The Bertz CT molecular complexity index is 252.